The van der Waals surface area contributed by atoms with Crippen molar-refractivity contribution in [3.8, 4) is 0 Å². The number of nitrogens with one attached hydrogen (secondary N) is 1. The summed E-state index contributed by atoms with van der Waals surface area (Å²) < 4.78 is 11.3. The van der Waals surface area contributed by atoms with Gasteiger partial charge in [0.05, 0.1) is 0 Å². The maximum Gasteiger partial charge on any atom is 0.355 e. The summed E-state index contributed by atoms with van der Waals surface area (Å²) >= 11 is 0. The number of rotatable bonds is 9. The minimum Gasteiger partial charge on any atom is -0.397 e. The van der Waals surface area contributed by atoms with Crippen LogP contribution >= 0.6 is 0 Å². The molecule has 0 spiro atoms. The van der Waals surface area contributed by atoms with Crippen molar-refractivity contribution in [1.82, 2.24) is 5.32 Å². The second-order valence-electron chi connectivity index (χ2n) is 4.30. The third-order valence-electron chi connectivity index (χ3n) is 3.00. The van der Waals surface area contributed by atoms with Gasteiger partial charge in [-0.3, -0.25) is 0 Å². The zero-order valence-corrected chi connectivity index (χ0v) is 12.8. The summed E-state index contributed by atoms with van der Waals surface area (Å²) in [5, 5.41) is 3.28. The van der Waals surface area contributed by atoms with E-state index in [2.05, 4.69) is 29.6 Å². The largest absolute Gasteiger partial charge is 0.397 e. The highest BCUT2D eigenvalue weighted by atomic mass is 28.4. The lowest BCUT2D eigenvalue weighted by Crippen LogP contribution is -2.50. The van der Waals surface area contributed by atoms with Crippen LogP contribution in [0.3, 0.4) is 0 Å². The molecule has 0 heterocycles. The smallest absolute Gasteiger partial charge is 0.355 e. The summed E-state index contributed by atoms with van der Waals surface area (Å²) in [4.78, 5) is 0. The molecule has 1 aromatic rings. The third kappa shape index (κ3) is 5.67. The molecule has 0 fully saturated rings. The molecule has 4 nitrogen and oxygen atoms in total. The van der Waals surface area contributed by atoms with E-state index in [4.69, 9.17) is 14.6 Å². The Hall–Kier alpha value is -0.983. The van der Waals surface area contributed by atoms with Crippen LogP contribution in [-0.4, -0.2) is 42.0 Å². The zero-order valence-electron chi connectivity index (χ0n) is 11.8. The second kappa shape index (κ2) is 9.01. The van der Waals surface area contributed by atoms with Crippen LogP contribution < -0.4 is 11.1 Å². The number of hydrogen-bond donors (Lipinski definition) is 2. The molecule has 0 unspecified atom stereocenters. The summed E-state index contributed by atoms with van der Waals surface area (Å²) in [6.07, 6.45) is 4.97. The molecule has 0 aliphatic heterocycles. The van der Waals surface area contributed by atoms with E-state index in [-0.39, 0.29) is 0 Å². The number of hydrogen-bond acceptors (Lipinski definition) is 4. The van der Waals surface area contributed by atoms with Gasteiger partial charge in [-0.25, -0.2) is 0 Å². The van der Waals surface area contributed by atoms with Crippen molar-refractivity contribution in [2.75, 3.05) is 33.5 Å². The fourth-order valence-corrected chi connectivity index (χ4v) is 3.75. The van der Waals surface area contributed by atoms with Crippen molar-refractivity contribution >= 4 is 14.6 Å². The molecule has 0 saturated carbocycles. The zero-order chi connectivity index (χ0) is 14.0. The first-order chi connectivity index (χ1) is 9.26. The van der Waals surface area contributed by atoms with Gasteiger partial charge in [-0.05, 0) is 5.56 Å². The maximum absolute atomic E-state index is 5.63. The summed E-state index contributed by atoms with van der Waals surface area (Å²) in [6.45, 7) is 1.40. The Bertz CT molecular complexity index is 367. The standard InChI is InChI=1S/C14H24N2O2Si/c1-17-19(18-2,13-16-11-10-15)12-6-9-14-7-4-3-5-8-14/h3-9,16H,10-13,15H2,1-2H3. The van der Waals surface area contributed by atoms with Gasteiger partial charge in [-0.1, -0.05) is 42.5 Å². The highest BCUT2D eigenvalue weighted by Crippen LogP contribution is 2.13. The first-order valence-electron chi connectivity index (χ1n) is 6.49. The molecule has 0 aromatic heterocycles. The van der Waals surface area contributed by atoms with E-state index in [0.29, 0.717) is 6.54 Å². The van der Waals surface area contributed by atoms with Crippen LogP contribution in [-0.2, 0) is 8.85 Å². The Kier molecular flexibility index (Phi) is 7.62. The highest BCUT2D eigenvalue weighted by molar-refractivity contribution is 6.68. The average Bonchev–Trinajstić information content (AvgIpc) is 2.47. The quantitative estimate of drug-likeness (QED) is 0.532. The first kappa shape index (κ1) is 16.1. The van der Waals surface area contributed by atoms with Gasteiger partial charge in [0.25, 0.3) is 0 Å². The van der Waals surface area contributed by atoms with Crippen LogP contribution in [0.5, 0.6) is 0 Å². The van der Waals surface area contributed by atoms with Crippen LogP contribution in [0.1, 0.15) is 5.56 Å². The SMILES string of the molecule is CO[Si](CC=Cc1ccccc1)(CNCCN)OC. The van der Waals surface area contributed by atoms with Crippen molar-refractivity contribution in [2.24, 2.45) is 5.73 Å². The van der Waals surface area contributed by atoms with Crippen molar-refractivity contribution in [1.29, 1.82) is 0 Å². The lowest BCUT2D eigenvalue weighted by atomic mass is 10.2. The van der Waals surface area contributed by atoms with E-state index in [9.17, 15) is 0 Å². The summed E-state index contributed by atoms with van der Waals surface area (Å²) in [6, 6.07) is 11.0. The predicted molar refractivity (Wildman–Crippen MR) is 82.0 cm³/mol. The van der Waals surface area contributed by atoms with Gasteiger partial charge in [-0.2, -0.15) is 0 Å². The summed E-state index contributed by atoms with van der Waals surface area (Å²) in [7, 11) is 1.25. The maximum atomic E-state index is 5.63. The fraction of sp³-hybridized carbons (Fsp3) is 0.429. The number of benzene rings is 1. The summed E-state index contributed by atoms with van der Waals surface area (Å²) in [5.41, 5.74) is 6.66. The van der Waals surface area contributed by atoms with E-state index in [1.165, 1.54) is 5.56 Å². The van der Waals surface area contributed by atoms with Gasteiger partial charge < -0.3 is 19.9 Å². The molecule has 0 amide bonds. The predicted octanol–water partition coefficient (Wildman–Crippen LogP) is 1.52. The Morgan fingerprint density at radius 3 is 2.47 bits per heavy atom. The minimum atomic E-state index is -2.19. The van der Waals surface area contributed by atoms with E-state index < -0.39 is 8.56 Å². The van der Waals surface area contributed by atoms with Crippen LogP contribution in [0.4, 0.5) is 0 Å². The topological polar surface area (TPSA) is 56.5 Å². The monoisotopic (exact) mass is 280 g/mol. The van der Waals surface area contributed by atoms with E-state index in [1.807, 2.05) is 18.2 Å². The molecule has 0 radical (unpaired) electrons. The molecule has 1 aromatic carbocycles. The minimum absolute atomic E-state index is 0.623. The molecule has 3 N–H and O–H groups in total. The lowest BCUT2D eigenvalue weighted by Gasteiger charge is -2.26. The van der Waals surface area contributed by atoms with Crippen LogP contribution in [0.2, 0.25) is 6.04 Å². The normalized spacial score (nSPS) is 12.2. The van der Waals surface area contributed by atoms with Gasteiger partial charge in [0.2, 0.25) is 0 Å². The lowest BCUT2D eigenvalue weighted by molar-refractivity contribution is 0.243. The average molecular weight is 280 g/mol. The number of allylic oxidation sites excluding steroid dienone is 1. The van der Waals surface area contributed by atoms with Crippen LogP contribution in [0.25, 0.3) is 6.08 Å². The van der Waals surface area contributed by atoms with Crippen molar-refractivity contribution in [2.45, 2.75) is 6.04 Å². The molecule has 0 aliphatic carbocycles. The second-order valence-corrected chi connectivity index (χ2v) is 7.70. The molecule has 0 atom stereocenters. The van der Waals surface area contributed by atoms with Gasteiger partial charge >= 0.3 is 8.56 Å². The Labute approximate surface area is 116 Å². The van der Waals surface area contributed by atoms with Crippen LogP contribution in [0.15, 0.2) is 36.4 Å². The van der Waals surface area contributed by atoms with Gasteiger partial charge in [0.15, 0.2) is 0 Å². The van der Waals surface area contributed by atoms with Gasteiger partial charge in [0.1, 0.15) is 0 Å². The third-order valence-corrected chi connectivity index (χ3v) is 6.13. The molecule has 0 bridgehead atoms. The van der Waals surface area contributed by atoms with E-state index >= 15 is 0 Å². The fourth-order valence-electron chi connectivity index (χ4n) is 1.79. The molecule has 1 rings (SSSR count). The molecule has 0 aliphatic rings. The van der Waals surface area contributed by atoms with E-state index in [0.717, 1.165) is 18.8 Å². The number of nitrogens with two attached hydrogens (primary N) is 1. The summed E-state index contributed by atoms with van der Waals surface area (Å²) in [5.74, 6) is 0. The van der Waals surface area contributed by atoms with Crippen molar-refractivity contribution in [3.63, 3.8) is 0 Å². The van der Waals surface area contributed by atoms with Crippen LogP contribution in [0, 0.1) is 0 Å². The molecular formula is C14H24N2O2Si. The molecular weight excluding hydrogens is 256 g/mol. The molecule has 0 saturated heterocycles. The van der Waals surface area contributed by atoms with Gasteiger partial charge in [-0.15, -0.1) is 0 Å². The molecule has 5 heteroatoms. The van der Waals surface area contributed by atoms with Crippen molar-refractivity contribution in [3.05, 3.63) is 42.0 Å². The Morgan fingerprint density at radius 1 is 1.21 bits per heavy atom. The Balaban J connectivity index is 2.55. The molecule has 19 heavy (non-hydrogen) atoms. The Morgan fingerprint density at radius 2 is 1.89 bits per heavy atom. The van der Waals surface area contributed by atoms with Gasteiger partial charge in [0, 0.05) is 39.5 Å². The highest BCUT2D eigenvalue weighted by Gasteiger charge is 2.33. The van der Waals surface area contributed by atoms with Crippen molar-refractivity contribution < 1.29 is 8.85 Å². The first-order valence-corrected chi connectivity index (χ1v) is 8.72. The molecule has 106 valence electrons. The van der Waals surface area contributed by atoms with E-state index in [1.54, 1.807) is 14.2 Å².